The summed E-state index contributed by atoms with van der Waals surface area (Å²) in [4.78, 5) is 2.43. The summed E-state index contributed by atoms with van der Waals surface area (Å²) in [6.45, 7) is 8.44. The number of likely N-dealkylation sites (tertiary alicyclic amines) is 1. The van der Waals surface area contributed by atoms with Crippen LogP contribution in [0.15, 0.2) is 0 Å². The van der Waals surface area contributed by atoms with E-state index in [0.29, 0.717) is 18.6 Å². The summed E-state index contributed by atoms with van der Waals surface area (Å²) in [5, 5.41) is 12.8. The van der Waals surface area contributed by atoms with E-state index < -0.39 is 0 Å². The summed E-state index contributed by atoms with van der Waals surface area (Å²) in [5.41, 5.74) is 0. The molecule has 18 heavy (non-hydrogen) atoms. The van der Waals surface area contributed by atoms with E-state index in [2.05, 4.69) is 31.1 Å². The van der Waals surface area contributed by atoms with Crippen molar-refractivity contribution in [3.05, 3.63) is 0 Å². The van der Waals surface area contributed by atoms with Crippen LogP contribution in [0.2, 0.25) is 0 Å². The van der Waals surface area contributed by atoms with Crippen LogP contribution in [0, 0.1) is 11.8 Å². The highest BCUT2D eigenvalue weighted by Crippen LogP contribution is 2.20. The molecule has 1 aliphatic rings. The monoisotopic (exact) mass is 256 g/mol. The molecule has 3 heteroatoms. The Kier molecular flexibility index (Phi) is 7.87. The van der Waals surface area contributed by atoms with Crippen molar-refractivity contribution in [2.45, 2.75) is 52.0 Å². The number of aliphatic hydroxyl groups excluding tert-OH is 1. The summed E-state index contributed by atoms with van der Waals surface area (Å²) >= 11 is 0. The summed E-state index contributed by atoms with van der Waals surface area (Å²) in [5.74, 6) is 1.48. The van der Waals surface area contributed by atoms with E-state index in [4.69, 9.17) is 5.11 Å². The van der Waals surface area contributed by atoms with Crippen LogP contribution in [0.4, 0.5) is 0 Å². The first-order chi connectivity index (χ1) is 8.67. The minimum atomic E-state index is 0.328. The molecule has 1 fully saturated rings. The zero-order chi connectivity index (χ0) is 13.4. The largest absolute Gasteiger partial charge is 0.396 e. The number of nitrogens with zero attached hydrogens (tertiary/aromatic N) is 1. The molecule has 2 N–H and O–H groups in total. The Balaban J connectivity index is 2.23. The molecule has 2 unspecified atom stereocenters. The quantitative estimate of drug-likeness (QED) is 0.698. The third-order valence-corrected chi connectivity index (χ3v) is 4.43. The summed E-state index contributed by atoms with van der Waals surface area (Å²) in [7, 11) is 2.22. The molecule has 0 aromatic heterocycles. The fourth-order valence-corrected chi connectivity index (χ4v) is 2.99. The molecule has 0 aromatic rings. The average Bonchev–Trinajstić information content (AvgIpc) is 2.37. The van der Waals surface area contributed by atoms with Gasteiger partial charge in [0.25, 0.3) is 0 Å². The number of piperidine rings is 1. The summed E-state index contributed by atoms with van der Waals surface area (Å²) < 4.78 is 0. The Hall–Kier alpha value is -0.120. The lowest BCUT2D eigenvalue weighted by atomic mass is 9.90. The zero-order valence-electron chi connectivity index (χ0n) is 12.5. The molecular formula is C15H32N2O. The molecule has 0 spiro atoms. The third-order valence-electron chi connectivity index (χ3n) is 4.43. The van der Waals surface area contributed by atoms with E-state index in [0.717, 1.165) is 18.9 Å². The van der Waals surface area contributed by atoms with Crippen molar-refractivity contribution in [2.24, 2.45) is 11.8 Å². The Labute approximate surface area is 113 Å². The summed E-state index contributed by atoms with van der Waals surface area (Å²) in [6.07, 6.45) is 6.04. The molecule has 0 saturated carbocycles. The SMILES string of the molecule is CCCC(CCO)CNC(C)C1CCN(C)CC1. The molecule has 108 valence electrons. The number of aliphatic hydroxyl groups is 1. The minimum absolute atomic E-state index is 0.328. The highest BCUT2D eigenvalue weighted by molar-refractivity contribution is 4.79. The Morgan fingerprint density at radius 1 is 1.28 bits per heavy atom. The topological polar surface area (TPSA) is 35.5 Å². The lowest BCUT2D eigenvalue weighted by Gasteiger charge is -2.33. The van der Waals surface area contributed by atoms with Gasteiger partial charge in [-0.1, -0.05) is 13.3 Å². The van der Waals surface area contributed by atoms with Gasteiger partial charge in [-0.3, -0.25) is 0 Å². The second-order valence-corrected chi connectivity index (χ2v) is 6.00. The van der Waals surface area contributed by atoms with Gasteiger partial charge in [0.15, 0.2) is 0 Å². The normalized spacial score (nSPS) is 22.0. The molecule has 0 aromatic carbocycles. The molecule has 3 nitrogen and oxygen atoms in total. The number of rotatable bonds is 8. The molecule has 1 rings (SSSR count). The molecule has 0 aliphatic carbocycles. The van der Waals surface area contributed by atoms with Crippen molar-refractivity contribution in [3.8, 4) is 0 Å². The highest BCUT2D eigenvalue weighted by Gasteiger charge is 2.22. The van der Waals surface area contributed by atoms with E-state index >= 15 is 0 Å². The molecule has 1 saturated heterocycles. The van der Waals surface area contributed by atoms with Crippen LogP contribution in [-0.2, 0) is 0 Å². The highest BCUT2D eigenvalue weighted by atomic mass is 16.3. The van der Waals surface area contributed by atoms with Crippen LogP contribution in [0.3, 0.4) is 0 Å². The van der Waals surface area contributed by atoms with Crippen LogP contribution in [0.5, 0.6) is 0 Å². The molecule has 1 heterocycles. The van der Waals surface area contributed by atoms with Gasteiger partial charge in [-0.25, -0.2) is 0 Å². The van der Waals surface area contributed by atoms with E-state index in [1.807, 2.05) is 0 Å². The van der Waals surface area contributed by atoms with Crippen LogP contribution < -0.4 is 5.32 Å². The van der Waals surface area contributed by atoms with E-state index in [-0.39, 0.29) is 0 Å². The Morgan fingerprint density at radius 2 is 1.94 bits per heavy atom. The number of hydrogen-bond acceptors (Lipinski definition) is 3. The predicted octanol–water partition coefficient (Wildman–Crippen LogP) is 2.10. The third kappa shape index (κ3) is 5.68. The first-order valence-corrected chi connectivity index (χ1v) is 7.70. The minimum Gasteiger partial charge on any atom is -0.396 e. The van der Waals surface area contributed by atoms with Crippen LogP contribution >= 0.6 is 0 Å². The van der Waals surface area contributed by atoms with Gasteiger partial charge in [-0.2, -0.15) is 0 Å². The maximum atomic E-state index is 9.07. The van der Waals surface area contributed by atoms with Crippen molar-refractivity contribution >= 4 is 0 Å². The van der Waals surface area contributed by atoms with Gasteiger partial charge < -0.3 is 15.3 Å². The van der Waals surface area contributed by atoms with Gasteiger partial charge in [0.2, 0.25) is 0 Å². The smallest absolute Gasteiger partial charge is 0.0434 e. The van der Waals surface area contributed by atoms with Crippen molar-refractivity contribution < 1.29 is 5.11 Å². The number of nitrogens with one attached hydrogen (secondary N) is 1. The Morgan fingerprint density at radius 3 is 2.50 bits per heavy atom. The first kappa shape index (κ1) is 15.9. The van der Waals surface area contributed by atoms with Gasteiger partial charge in [-0.05, 0) is 71.1 Å². The molecule has 0 amide bonds. The fraction of sp³-hybridized carbons (Fsp3) is 1.00. The van der Waals surface area contributed by atoms with Gasteiger partial charge in [-0.15, -0.1) is 0 Å². The maximum absolute atomic E-state index is 9.07. The van der Waals surface area contributed by atoms with Crippen LogP contribution in [-0.4, -0.2) is 49.3 Å². The number of hydrogen-bond donors (Lipinski definition) is 2. The molecule has 1 aliphatic heterocycles. The van der Waals surface area contributed by atoms with Crippen molar-refractivity contribution in [1.29, 1.82) is 0 Å². The molecule has 0 radical (unpaired) electrons. The zero-order valence-corrected chi connectivity index (χ0v) is 12.5. The maximum Gasteiger partial charge on any atom is 0.0434 e. The average molecular weight is 256 g/mol. The van der Waals surface area contributed by atoms with Crippen LogP contribution in [0.25, 0.3) is 0 Å². The first-order valence-electron chi connectivity index (χ1n) is 7.70. The van der Waals surface area contributed by atoms with Gasteiger partial charge in [0.05, 0.1) is 0 Å². The van der Waals surface area contributed by atoms with E-state index in [9.17, 15) is 0 Å². The second-order valence-electron chi connectivity index (χ2n) is 6.00. The van der Waals surface area contributed by atoms with E-state index in [1.54, 1.807) is 0 Å². The van der Waals surface area contributed by atoms with Crippen molar-refractivity contribution in [2.75, 3.05) is 33.3 Å². The van der Waals surface area contributed by atoms with Crippen molar-refractivity contribution in [1.82, 2.24) is 10.2 Å². The van der Waals surface area contributed by atoms with Gasteiger partial charge in [0.1, 0.15) is 0 Å². The molecule has 2 atom stereocenters. The lowest BCUT2D eigenvalue weighted by Crippen LogP contribution is -2.42. The summed E-state index contributed by atoms with van der Waals surface area (Å²) in [6, 6.07) is 0.622. The van der Waals surface area contributed by atoms with E-state index in [1.165, 1.54) is 38.8 Å². The predicted molar refractivity (Wildman–Crippen MR) is 77.8 cm³/mol. The van der Waals surface area contributed by atoms with Crippen LogP contribution in [0.1, 0.15) is 46.0 Å². The standard InChI is InChI=1S/C15H32N2O/c1-4-5-14(8-11-18)12-16-13(2)15-6-9-17(3)10-7-15/h13-16,18H,4-12H2,1-3H3. The van der Waals surface area contributed by atoms with Crippen molar-refractivity contribution in [3.63, 3.8) is 0 Å². The Bertz CT molecular complexity index is 197. The molecule has 0 bridgehead atoms. The lowest BCUT2D eigenvalue weighted by molar-refractivity contribution is 0.183. The van der Waals surface area contributed by atoms with Gasteiger partial charge in [0, 0.05) is 12.6 Å². The second kappa shape index (κ2) is 8.89. The molecular weight excluding hydrogens is 224 g/mol. The van der Waals surface area contributed by atoms with Gasteiger partial charge >= 0.3 is 0 Å². The fourth-order valence-electron chi connectivity index (χ4n) is 2.99.